The summed E-state index contributed by atoms with van der Waals surface area (Å²) in [5.74, 6) is 0.483. The predicted octanol–water partition coefficient (Wildman–Crippen LogP) is 2.49. The first-order valence-corrected chi connectivity index (χ1v) is 5.72. The number of carboxylic acids is 1. The van der Waals surface area contributed by atoms with Gasteiger partial charge < -0.3 is 14.8 Å². The highest BCUT2D eigenvalue weighted by Gasteiger charge is 2.06. The third kappa shape index (κ3) is 3.01. The van der Waals surface area contributed by atoms with E-state index >= 15 is 0 Å². The number of imidazole rings is 1. The van der Waals surface area contributed by atoms with Gasteiger partial charge >= 0.3 is 5.97 Å². The molecule has 0 aliphatic heterocycles. The van der Waals surface area contributed by atoms with Gasteiger partial charge in [0, 0.05) is 17.3 Å². The second kappa shape index (κ2) is 5.39. The van der Waals surface area contributed by atoms with E-state index in [0.29, 0.717) is 11.5 Å². The Morgan fingerprint density at radius 3 is 2.63 bits per heavy atom. The molecule has 0 amide bonds. The monoisotopic (exact) mass is 258 g/mol. The van der Waals surface area contributed by atoms with Crippen LogP contribution in [0.2, 0.25) is 0 Å². The minimum Gasteiger partial charge on any atom is -0.497 e. The summed E-state index contributed by atoms with van der Waals surface area (Å²) in [6, 6.07) is 7.48. The topological polar surface area (TPSA) is 75.2 Å². The molecule has 2 rings (SSSR count). The van der Waals surface area contributed by atoms with Crippen molar-refractivity contribution in [2.24, 2.45) is 0 Å². The van der Waals surface area contributed by atoms with Crippen LogP contribution in [-0.2, 0) is 4.79 Å². The average molecular weight is 258 g/mol. The van der Waals surface area contributed by atoms with Crippen LogP contribution in [0.4, 0.5) is 0 Å². The van der Waals surface area contributed by atoms with Crippen LogP contribution in [0.5, 0.6) is 5.75 Å². The number of benzene rings is 1. The summed E-state index contributed by atoms with van der Waals surface area (Å²) in [6.07, 6.45) is 2.54. The number of carbonyl (C=O) groups is 1. The molecular weight excluding hydrogens is 244 g/mol. The fourth-order valence-electron chi connectivity index (χ4n) is 1.67. The standard InChI is InChI=1S/C14H14N2O3/c1-9-12(7-8-13(17)18)16-14(15-9)10-3-5-11(19-2)6-4-10/h3-8H,1-2H3,(H,15,16)(H,17,18)/b8-7+. The first kappa shape index (κ1) is 12.9. The van der Waals surface area contributed by atoms with Crippen LogP contribution in [-0.4, -0.2) is 28.2 Å². The summed E-state index contributed by atoms with van der Waals surface area (Å²) in [5.41, 5.74) is 2.36. The number of hydrogen-bond donors (Lipinski definition) is 2. The van der Waals surface area contributed by atoms with Gasteiger partial charge in [0.25, 0.3) is 0 Å². The van der Waals surface area contributed by atoms with E-state index in [-0.39, 0.29) is 0 Å². The second-order valence-corrected chi connectivity index (χ2v) is 4.00. The molecule has 0 saturated heterocycles. The molecule has 0 spiro atoms. The number of aliphatic carboxylic acids is 1. The van der Waals surface area contributed by atoms with Crippen molar-refractivity contribution in [3.05, 3.63) is 41.7 Å². The lowest BCUT2D eigenvalue weighted by atomic mass is 10.2. The lowest BCUT2D eigenvalue weighted by molar-refractivity contribution is -0.131. The molecule has 1 aromatic carbocycles. The number of carboxylic acid groups (broad SMARTS) is 1. The summed E-state index contributed by atoms with van der Waals surface area (Å²) in [6.45, 7) is 1.85. The van der Waals surface area contributed by atoms with Crippen molar-refractivity contribution < 1.29 is 14.6 Å². The number of methoxy groups -OCH3 is 1. The largest absolute Gasteiger partial charge is 0.497 e. The molecule has 1 aromatic heterocycles. The van der Waals surface area contributed by atoms with Gasteiger partial charge in [0.2, 0.25) is 0 Å². The van der Waals surface area contributed by atoms with Gasteiger partial charge in [0.15, 0.2) is 0 Å². The molecule has 0 aliphatic rings. The van der Waals surface area contributed by atoms with Gasteiger partial charge in [-0.2, -0.15) is 0 Å². The smallest absolute Gasteiger partial charge is 0.328 e. The van der Waals surface area contributed by atoms with Crippen molar-refractivity contribution in [3.8, 4) is 17.1 Å². The van der Waals surface area contributed by atoms with Crippen LogP contribution in [0.1, 0.15) is 11.4 Å². The fourth-order valence-corrected chi connectivity index (χ4v) is 1.67. The van der Waals surface area contributed by atoms with Crippen molar-refractivity contribution >= 4 is 12.0 Å². The number of nitrogens with zero attached hydrogens (tertiary/aromatic N) is 1. The van der Waals surface area contributed by atoms with Crippen LogP contribution < -0.4 is 4.74 Å². The summed E-state index contributed by atoms with van der Waals surface area (Å²) < 4.78 is 5.09. The first-order valence-electron chi connectivity index (χ1n) is 5.72. The maximum atomic E-state index is 10.5. The van der Waals surface area contributed by atoms with Crippen molar-refractivity contribution in [1.29, 1.82) is 0 Å². The highest BCUT2D eigenvalue weighted by molar-refractivity contribution is 5.85. The van der Waals surface area contributed by atoms with Crippen LogP contribution in [0.25, 0.3) is 17.5 Å². The third-order valence-corrected chi connectivity index (χ3v) is 2.67. The van der Waals surface area contributed by atoms with Gasteiger partial charge in [-0.05, 0) is 37.3 Å². The molecule has 0 fully saturated rings. The van der Waals surface area contributed by atoms with E-state index in [2.05, 4.69) is 9.97 Å². The Bertz CT molecular complexity index is 612. The van der Waals surface area contributed by atoms with Crippen molar-refractivity contribution in [1.82, 2.24) is 9.97 Å². The normalized spacial score (nSPS) is 10.8. The van der Waals surface area contributed by atoms with Gasteiger partial charge in [0.05, 0.1) is 12.8 Å². The predicted molar refractivity (Wildman–Crippen MR) is 72.0 cm³/mol. The van der Waals surface area contributed by atoms with Gasteiger partial charge in [-0.15, -0.1) is 0 Å². The molecule has 1 heterocycles. The van der Waals surface area contributed by atoms with E-state index in [4.69, 9.17) is 9.84 Å². The van der Waals surface area contributed by atoms with Gasteiger partial charge in [-0.3, -0.25) is 0 Å². The summed E-state index contributed by atoms with van der Waals surface area (Å²) in [7, 11) is 1.61. The van der Waals surface area contributed by atoms with E-state index in [1.165, 1.54) is 6.08 Å². The SMILES string of the molecule is COc1ccc(-c2nc(/C=C/C(=O)O)c(C)[nH]2)cc1. The molecule has 0 radical (unpaired) electrons. The first-order chi connectivity index (χ1) is 9.10. The Morgan fingerprint density at radius 2 is 2.05 bits per heavy atom. The minimum atomic E-state index is -0.992. The zero-order valence-corrected chi connectivity index (χ0v) is 10.7. The molecule has 5 heteroatoms. The molecule has 2 N–H and O–H groups in total. The number of aromatic amines is 1. The zero-order valence-electron chi connectivity index (χ0n) is 10.7. The zero-order chi connectivity index (χ0) is 13.8. The summed E-state index contributed by atoms with van der Waals surface area (Å²) in [5, 5.41) is 8.61. The van der Waals surface area contributed by atoms with Crippen molar-refractivity contribution in [3.63, 3.8) is 0 Å². The van der Waals surface area contributed by atoms with Crippen molar-refractivity contribution in [2.75, 3.05) is 7.11 Å². The Morgan fingerprint density at radius 1 is 1.37 bits per heavy atom. The number of rotatable bonds is 4. The van der Waals surface area contributed by atoms with E-state index in [1.54, 1.807) is 7.11 Å². The van der Waals surface area contributed by atoms with Crippen LogP contribution >= 0.6 is 0 Å². The minimum absolute atomic E-state index is 0.619. The number of aromatic nitrogens is 2. The molecule has 0 atom stereocenters. The number of hydrogen-bond acceptors (Lipinski definition) is 3. The van der Waals surface area contributed by atoms with Crippen LogP contribution in [0.15, 0.2) is 30.3 Å². The van der Waals surface area contributed by atoms with Crippen LogP contribution in [0, 0.1) is 6.92 Å². The second-order valence-electron chi connectivity index (χ2n) is 4.00. The molecule has 2 aromatic rings. The quantitative estimate of drug-likeness (QED) is 0.826. The van der Waals surface area contributed by atoms with Crippen LogP contribution in [0.3, 0.4) is 0 Å². The van der Waals surface area contributed by atoms with E-state index in [1.807, 2.05) is 31.2 Å². The molecule has 0 aliphatic carbocycles. The molecule has 98 valence electrons. The van der Waals surface area contributed by atoms with Crippen molar-refractivity contribution in [2.45, 2.75) is 6.92 Å². The molecule has 0 saturated carbocycles. The Hall–Kier alpha value is -2.56. The van der Waals surface area contributed by atoms with Gasteiger partial charge in [-0.1, -0.05) is 0 Å². The highest BCUT2D eigenvalue weighted by Crippen LogP contribution is 2.21. The molecular formula is C14H14N2O3. The Balaban J connectivity index is 2.30. The number of ether oxygens (including phenoxy) is 1. The fraction of sp³-hybridized carbons (Fsp3) is 0.143. The number of nitrogens with one attached hydrogen (secondary N) is 1. The Labute approximate surface area is 110 Å². The lowest BCUT2D eigenvalue weighted by Gasteiger charge is -2.00. The maximum absolute atomic E-state index is 10.5. The number of H-pyrrole nitrogens is 1. The van der Waals surface area contributed by atoms with E-state index in [0.717, 1.165) is 23.1 Å². The molecule has 19 heavy (non-hydrogen) atoms. The summed E-state index contributed by atoms with van der Waals surface area (Å²) in [4.78, 5) is 18.0. The average Bonchev–Trinajstić information content (AvgIpc) is 2.78. The number of aryl methyl sites for hydroxylation is 1. The lowest BCUT2D eigenvalue weighted by Crippen LogP contribution is -1.86. The van der Waals surface area contributed by atoms with Gasteiger partial charge in [0.1, 0.15) is 11.6 Å². The maximum Gasteiger partial charge on any atom is 0.328 e. The molecule has 0 bridgehead atoms. The van der Waals surface area contributed by atoms with Gasteiger partial charge in [-0.25, -0.2) is 9.78 Å². The summed E-state index contributed by atoms with van der Waals surface area (Å²) >= 11 is 0. The van der Waals surface area contributed by atoms with E-state index in [9.17, 15) is 4.79 Å². The highest BCUT2D eigenvalue weighted by atomic mass is 16.5. The van der Waals surface area contributed by atoms with E-state index < -0.39 is 5.97 Å². The third-order valence-electron chi connectivity index (χ3n) is 2.67. The Kier molecular flexibility index (Phi) is 3.66. The molecule has 0 unspecified atom stereocenters. The molecule has 5 nitrogen and oxygen atoms in total.